The third-order valence-corrected chi connectivity index (χ3v) is 5.53. The van der Waals surface area contributed by atoms with Gasteiger partial charge in [0.25, 0.3) is 5.91 Å². The van der Waals surface area contributed by atoms with Gasteiger partial charge in [-0.2, -0.15) is 11.8 Å². The van der Waals surface area contributed by atoms with Gasteiger partial charge in [-0.1, -0.05) is 0 Å². The molecule has 1 amide bonds. The molecular formula is C16H25N3OS. The molecule has 2 heterocycles. The first-order chi connectivity index (χ1) is 10.1. The molecule has 0 radical (unpaired) electrons. The molecule has 0 spiro atoms. The van der Waals surface area contributed by atoms with Crippen LogP contribution in [0.25, 0.3) is 0 Å². The number of amides is 1. The predicted octanol–water partition coefficient (Wildman–Crippen LogP) is 3.26. The van der Waals surface area contributed by atoms with Crippen LogP contribution in [0.4, 0.5) is 5.69 Å². The minimum absolute atomic E-state index is 0.00473. The Bertz CT molecular complexity index is 482. The van der Waals surface area contributed by atoms with E-state index >= 15 is 0 Å². The summed E-state index contributed by atoms with van der Waals surface area (Å²) in [5.74, 6) is 1.25. The zero-order valence-corrected chi connectivity index (χ0v) is 14.0. The third-order valence-electron chi connectivity index (χ3n) is 4.00. The molecule has 116 valence electrons. The minimum Gasteiger partial charge on any atom is -0.384 e. The van der Waals surface area contributed by atoms with Crippen LogP contribution in [0.15, 0.2) is 18.3 Å². The molecule has 1 unspecified atom stereocenters. The largest absolute Gasteiger partial charge is 0.384 e. The SMILES string of the molecule is CCN(CC)C(=O)c1cc(NCC2(C)CCCS2)ccn1. The normalized spacial score (nSPS) is 21.3. The minimum atomic E-state index is 0.00473. The number of hydrogen-bond donors (Lipinski definition) is 1. The highest BCUT2D eigenvalue weighted by Gasteiger charge is 2.29. The number of thioether (sulfide) groups is 1. The highest BCUT2D eigenvalue weighted by atomic mass is 32.2. The smallest absolute Gasteiger partial charge is 0.272 e. The van der Waals surface area contributed by atoms with Gasteiger partial charge in [-0.25, -0.2) is 0 Å². The van der Waals surface area contributed by atoms with E-state index in [2.05, 4.69) is 17.2 Å². The first-order valence-corrected chi connectivity index (χ1v) is 8.69. The van der Waals surface area contributed by atoms with Crippen molar-refractivity contribution in [2.45, 2.75) is 38.4 Å². The number of nitrogens with one attached hydrogen (secondary N) is 1. The van der Waals surface area contributed by atoms with E-state index in [0.29, 0.717) is 23.5 Å². The maximum absolute atomic E-state index is 12.3. The van der Waals surface area contributed by atoms with E-state index in [1.165, 1.54) is 18.6 Å². The molecular weight excluding hydrogens is 282 g/mol. The van der Waals surface area contributed by atoms with Crippen molar-refractivity contribution in [2.75, 3.05) is 30.7 Å². The topological polar surface area (TPSA) is 45.2 Å². The number of aromatic nitrogens is 1. The molecule has 0 bridgehead atoms. The van der Waals surface area contributed by atoms with Crippen LogP contribution in [-0.4, -0.2) is 45.9 Å². The summed E-state index contributed by atoms with van der Waals surface area (Å²) in [6, 6.07) is 3.80. The van der Waals surface area contributed by atoms with Crippen molar-refractivity contribution < 1.29 is 4.79 Å². The number of nitrogens with zero attached hydrogens (tertiary/aromatic N) is 2. The molecule has 21 heavy (non-hydrogen) atoms. The fraction of sp³-hybridized carbons (Fsp3) is 0.625. The summed E-state index contributed by atoms with van der Waals surface area (Å²) in [4.78, 5) is 18.3. The second-order valence-electron chi connectivity index (χ2n) is 5.66. The Morgan fingerprint density at radius 2 is 2.24 bits per heavy atom. The second-order valence-corrected chi connectivity index (χ2v) is 7.35. The Labute approximate surface area is 131 Å². The van der Waals surface area contributed by atoms with Crippen molar-refractivity contribution in [3.8, 4) is 0 Å². The van der Waals surface area contributed by atoms with E-state index in [0.717, 1.165) is 12.2 Å². The molecule has 1 N–H and O–H groups in total. The first-order valence-electron chi connectivity index (χ1n) is 7.71. The Balaban J connectivity index is 2.02. The quantitative estimate of drug-likeness (QED) is 0.876. The Morgan fingerprint density at radius 3 is 2.86 bits per heavy atom. The van der Waals surface area contributed by atoms with Crippen molar-refractivity contribution in [3.63, 3.8) is 0 Å². The van der Waals surface area contributed by atoms with E-state index in [1.807, 2.05) is 37.7 Å². The van der Waals surface area contributed by atoms with Gasteiger partial charge in [0.15, 0.2) is 0 Å². The standard InChI is InChI=1S/C16H25N3OS/c1-4-19(5-2)15(20)14-11-13(7-9-17-14)18-12-16(3)8-6-10-21-16/h7,9,11H,4-6,8,10,12H2,1-3H3,(H,17,18). The number of carbonyl (C=O) groups excluding carboxylic acids is 1. The highest BCUT2D eigenvalue weighted by Crippen LogP contribution is 2.37. The van der Waals surface area contributed by atoms with Crippen molar-refractivity contribution >= 4 is 23.4 Å². The number of pyridine rings is 1. The first kappa shape index (κ1) is 16.1. The molecule has 2 rings (SSSR count). The molecule has 0 aliphatic carbocycles. The van der Waals surface area contributed by atoms with Crippen LogP contribution in [0, 0.1) is 0 Å². The summed E-state index contributed by atoms with van der Waals surface area (Å²) in [6.07, 6.45) is 4.26. The van der Waals surface area contributed by atoms with Crippen LogP contribution in [0.2, 0.25) is 0 Å². The van der Waals surface area contributed by atoms with Crippen LogP contribution in [0.3, 0.4) is 0 Å². The molecule has 1 aliphatic rings. The molecule has 1 aliphatic heterocycles. The average molecular weight is 307 g/mol. The van der Waals surface area contributed by atoms with Crippen LogP contribution in [0.5, 0.6) is 0 Å². The summed E-state index contributed by atoms with van der Waals surface area (Å²) in [7, 11) is 0. The summed E-state index contributed by atoms with van der Waals surface area (Å²) >= 11 is 2.03. The zero-order valence-electron chi connectivity index (χ0n) is 13.2. The van der Waals surface area contributed by atoms with Gasteiger partial charge in [0.05, 0.1) is 0 Å². The highest BCUT2D eigenvalue weighted by molar-refractivity contribution is 8.00. The second kappa shape index (κ2) is 7.16. The maximum Gasteiger partial charge on any atom is 0.272 e. The molecule has 1 atom stereocenters. The van der Waals surface area contributed by atoms with Gasteiger partial charge in [-0.15, -0.1) is 0 Å². The van der Waals surface area contributed by atoms with Crippen molar-refractivity contribution in [3.05, 3.63) is 24.0 Å². The Morgan fingerprint density at radius 1 is 1.48 bits per heavy atom. The molecule has 1 aromatic rings. The lowest BCUT2D eigenvalue weighted by Crippen LogP contribution is -2.31. The van der Waals surface area contributed by atoms with Crippen molar-refractivity contribution in [1.29, 1.82) is 0 Å². The van der Waals surface area contributed by atoms with Gasteiger partial charge in [0, 0.05) is 36.3 Å². The Hall–Kier alpha value is -1.23. The lowest BCUT2D eigenvalue weighted by atomic mass is 10.1. The van der Waals surface area contributed by atoms with Crippen LogP contribution >= 0.6 is 11.8 Å². The number of rotatable bonds is 6. The van der Waals surface area contributed by atoms with E-state index in [-0.39, 0.29) is 5.91 Å². The fourth-order valence-corrected chi connectivity index (χ4v) is 3.84. The van der Waals surface area contributed by atoms with Crippen LogP contribution in [-0.2, 0) is 0 Å². The van der Waals surface area contributed by atoms with E-state index in [1.54, 1.807) is 11.1 Å². The number of anilines is 1. The molecule has 0 aromatic carbocycles. The third kappa shape index (κ3) is 4.13. The monoisotopic (exact) mass is 307 g/mol. The molecule has 1 aromatic heterocycles. The molecule has 0 saturated carbocycles. The lowest BCUT2D eigenvalue weighted by molar-refractivity contribution is 0.0767. The molecule has 1 fully saturated rings. The average Bonchev–Trinajstić information content (AvgIpc) is 2.94. The lowest BCUT2D eigenvalue weighted by Gasteiger charge is -2.24. The Kier molecular flexibility index (Phi) is 5.51. The van der Waals surface area contributed by atoms with E-state index in [4.69, 9.17) is 0 Å². The van der Waals surface area contributed by atoms with Crippen LogP contribution < -0.4 is 5.32 Å². The summed E-state index contributed by atoms with van der Waals surface area (Å²) in [6.45, 7) is 8.64. The fourth-order valence-electron chi connectivity index (χ4n) is 2.60. The van der Waals surface area contributed by atoms with Gasteiger partial charge >= 0.3 is 0 Å². The van der Waals surface area contributed by atoms with Gasteiger partial charge in [0.2, 0.25) is 0 Å². The van der Waals surface area contributed by atoms with Gasteiger partial charge < -0.3 is 10.2 Å². The molecule has 5 heteroatoms. The number of hydrogen-bond acceptors (Lipinski definition) is 4. The van der Waals surface area contributed by atoms with Crippen LogP contribution in [0.1, 0.15) is 44.1 Å². The van der Waals surface area contributed by atoms with Crippen molar-refractivity contribution in [2.24, 2.45) is 0 Å². The van der Waals surface area contributed by atoms with Gasteiger partial charge in [0.1, 0.15) is 5.69 Å². The zero-order chi connectivity index (χ0) is 15.3. The predicted molar refractivity (Wildman–Crippen MR) is 90.1 cm³/mol. The summed E-state index contributed by atoms with van der Waals surface area (Å²) < 4.78 is 0.312. The van der Waals surface area contributed by atoms with E-state index in [9.17, 15) is 4.79 Å². The maximum atomic E-state index is 12.3. The van der Waals surface area contributed by atoms with Gasteiger partial charge in [-0.05, 0) is 51.5 Å². The van der Waals surface area contributed by atoms with Crippen molar-refractivity contribution in [1.82, 2.24) is 9.88 Å². The molecule has 1 saturated heterocycles. The van der Waals surface area contributed by atoms with E-state index < -0.39 is 0 Å². The summed E-state index contributed by atoms with van der Waals surface area (Å²) in [5.41, 5.74) is 1.50. The molecule has 4 nitrogen and oxygen atoms in total. The number of carbonyl (C=O) groups is 1. The summed E-state index contributed by atoms with van der Waals surface area (Å²) in [5, 5.41) is 3.47. The van der Waals surface area contributed by atoms with Gasteiger partial charge in [-0.3, -0.25) is 9.78 Å².